The van der Waals surface area contributed by atoms with E-state index in [2.05, 4.69) is 21.9 Å². The van der Waals surface area contributed by atoms with Gasteiger partial charge in [-0.3, -0.25) is 0 Å². The van der Waals surface area contributed by atoms with Gasteiger partial charge >= 0.3 is 0 Å². The number of rotatable bonds is 6. The van der Waals surface area contributed by atoms with Gasteiger partial charge in [-0.2, -0.15) is 0 Å². The lowest BCUT2D eigenvalue weighted by atomic mass is 10.0. The number of anilines is 1. The molecule has 146 valence electrons. The molecule has 0 atom stereocenters. The molecule has 0 saturated carbocycles. The van der Waals surface area contributed by atoms with Crippen molar-refractivity contribution in [3.8, 4) is 11.4 Å². The van der Waals surface area contributed by atoms with Crippen molar-refractivity contribution in [2.24, 2.45) is 0 Å². The third-order valence-corrected chi connectivity index (χ3v) is 4.16. The van der Waals surface area contributed by atoms with Gasteiger partial charge in [-0.25, -0.2) is 19.3 Å². The number of nitrogens with two attached hydrogens (primary N) is 1. The topological polar surface area (TPSA) is 89.9 Å². The summed E-state index contributed by atoms with van der Waals surface area (Å²) in [5.41, 5.74) is 7.15. The van der Waals surface area contributed by atoms with Crippen LogP contribution in [-0.4, -0.2) is 30.2 Å². The maximum absolute atomic E-state index is 13.7. The van der Waals surface area contributed by atoms with E-state index in [4.69, 9.17) is 5.73 Å². The van der Waals surface area contributed by atoms with E-state index in [0.29, 0.717) is 53.6 Å². The molecule has 1 aromatic carbocycles. The maximum atomic E-state index is 13.7. The van der Waals surface area contributed by atoms with E-state index in [-0.39, 0.29) is 18.2 Å². The number of nitrogens with zero attached hydrogens (tertiary/aromatic N) is 4. The minimum absolute atomic E-state index is 0. The molecule has 6 nitrogen and oxygen atoms in total. The Morgan fingerprint density at radius 3 is 2.59 bits per heavy atom. The van der Waals surface area contributed by atoms with Crippen LogP contribution in [0.1, 0.15) is 39.4 Å². The molecular weight excluding hydrogens is 369 g/mol. The smallest absolute Gasteiger partial charge is 0.166 e. The molecule has 3 N–H and O–H groups in total. The number of imidazole rings is 1. The Kier molecular flexibility index (Phi) is 6.38. The molecule has 27 heavy (non-hydrogen) atoms. The highest BCUT2D eigenvalue weighted by atomic mass is 35.5. The van der Waals surface area contributed by atoms with Gasteiger partial charge in [0.05, 0.1) is 5.60 Å². The summed E-state index contributed by atoms with van der Waals surface area (Å²) in [6, 6.07) is 6.32. The lowest BCUT2D eigenvalue weighted by molar-refractivity contribution is 0.0708. The molecule has 0 spiro atoms. The summed E-state index contributed by atoms with van der Waals surface area (Å²) in [5.74, 6) is 1.18. The molecule has 0 bridgehead atoms. The van der Waals surface area contributed by atoms with Gasteiger partial charge in [-0.15, -0.1) is 12.4 Å². The highest BCUT2D eigenvalue weighted by Gasteiger charge is 2.19. The zero-order chi connectivity index (χ0) is 18.9. The molecule has 0 radical (unpaired) electrons. The van der Waals surface area contributed by atoms with Crippen LogP contribution in [0.3, 0.4) is 0 Å². The van der Waals surface area contributed by atoms with E-state index in [1.807, 2.05) is 10.6 Å². The molecule has 2 heterocycles. The predicted molar refractivity (Wildman–Crippen MR) is 107 cm³/mol. The number of hydrogen-bond acceptors (Lipinski definition) is 5. The van der Waals surface area contributed by atoms with Crippen LogP contribution in [0.2, 0.25) is 0 Å². The number of benzene rings is 1. The molecule has 0 aliphatic heterocycles. The number of nitrogen functional groups attached to an aromatic ring is 1. The van der Waals surface area contributed by atoms with E-state index < -0.39 is 5.60 Å². The third kappa shape index (κ3) is 4.73. The van der Waals surface area contributed by atoms with Gasteiger partial charge in [0.15, 0.2) is 17.0 Å². The van der Waals surface area contributed by atoms with E-state index in [9.17, 15) is 9.50 Å². The fraction of sp³-hybridized carbons (Fsp3) is 0.421. The number of aromatic nitrogens is 4. The molecule has 0 unspecified atom stereocenters. The Bertz CT molecular complexity index is 936. The highest BCUT2D eigenvalue weighted by Crippen LogP contribution is 2.27. The van der Waals surface area contributed by atoms with Crippen LogP contribution in [0.25, 0.3) is 22.6 Å². The van der Waals surface area contributed by atoms with Crippen molar-refractivity contribution in [3.05, 3.63) is 35.9 Å². The van der Waals surface area contributed by atoms with Gasteiger partial charge in [-0.05, 0) is 38.8 Å². The van der Waals surface area contributed by atoms with E-state index >= 15 is 0 Å². The third-order valence-electron chi connectivity index (χ3n) is 4.16. The zero-order valence-electron chi connectivity index (χ0n) is 15.7. The normalized spacial score (nSPS) is 11.6. The molecule has 2 aromatic heterocycles. The van der Waals surface area contributed by atoms with Crippen LogP contribution in [-0.2, 0) is 13.0 Å². The quantitative estimate of drug-likeness (QED) is 0.665. The first-order chi connectivity index (χ1) is 12.3. The van der Waals surface area contributed by atoms with E-state index in [1.54, 1.807) is 19.9 Å². The fourth-order valence-electron chi connectivity index (χ4n) is 2.88. The molecule has 0 saturated heterocycles. The second kappa shape index (κ2) is 8.19. The molecule has 0 fully saturated rings. The van der Waals surface area contributed by atoms with Crippen molar-refractivity contribution < 1.29 is 9.50 Å². The lowest BCUT2D eigenvalue weighted by Crippen LogP contribution is -2.20. The summed E-state index contributed by atoms with van der Waals surface area (Å²) in [6.45, 7) is 6.24. The fourth-order valence-corrected chi connectivity index (χ4v) is 2.88. The van der Waals surface area contributed by atoms with Crippen molar-refractivity contribution in [1.29, 1.82) is 0 Å². The zero-order valence-corrected chi connectivity index (χ0v) is 16.6. The molecule has 3 rings (SSSR count). The molecule has 0 amide bonds. The minimum atomic E-state index is -0.802. The van der Waals surface area contributed by atoms with E-state index in [0.717, 1.165) is 6.42 Å². The van der Waals surface area contributed by atoms with E-state index in [1.165, 1.54) is 12.1 Å². The van der Waals surface area contributed by atoms with Crippen molar-refractivity contribution >= 4 is 29.4 Å². The Morgan fingerprint density at radius 2 is 1.96 bits per heavy atom. The number of aryl methyl sites for hydroxylation is 2. The van der Waals surface area contributed by atoms with Gasteiger partial charge < -0.3 is 15.4 Å². The largest absolute Gasteiger partial charge is 0.390 e. The Labute approximate surface area is 164 Å². The molecule has 0 aliphatic rings. The standard InChI is InChI=1S/C19H24FN5O.ClH/c1-4-10-25-17(12-6-5-7-13(20)11-12)24-15-16(21)22-14(23-18(15)25)8-9-19(2,3)26;/h5-7,11,26H,4,8-10H2,1-3H3,(H2,21,22,23);1H. The molecular formula is C19H25ClFN5O. The van der Waals surface area contributed by atoms with Crippen molar-refractivity contribution in [1.82, 2.24) is 19.5 Å². The number of hydrogen-bond donors (Lipinski definition) is 2. The summed E-state index contributed by atoms with van der Waals surface area (Å²) < 4.78 is 15.6. The molecule has 8 heteroatoms. The van der Waals surface area contributed by atoms with Crippen molar-refractivity contribution in [3.63, 3.8) is 0 Å². The van der Waals surface area contributed by atoms with Crippen LogP contribution in [0.5, 0.6) is 0 Å². The number of halogens is 2. The predicted octanol–water partition coefficient (Wildman–Crippen LogP) is 3.75. The van der Waals surface area contributed by atoms with Gasteiger partial charge in [-0.1, -0.05) is 19.1 Å². The first-order valence-corrected chi connectivity index (χ1v) is 8.79. The summed E-state index contributed by atoms with van der Waals surface area (Å²) in [5, 5.41) is 9.94. The summed E-state index contributed by atoms with van der Waals surface area (Å²) >= 11 is 0. The summed E-state index contributed by atoms with van der Waals surface area (Å²) in [4.78, 5) is 13.6. The first-order valence-electron chi connectivity index (χ1n) is 8.79. The average Bonchev–Trinajstić information content (AvgIpc) is 2.92. The number of aliphatic hydroxyl groups is 1. The Morgan fingerprint density at radius 1 is 1.22 bits per heavy atom. The first kappa shape index (κ1) is 21.1. The SMILES string of the molecule is CCCn1c(-c2cccc(F)c2)nc2c(N)nc(CCC(C)(C)O)nc21.Cl. The van der Waals surface area contributed by atoms with Crippen molar-refractivity contribution in [2.45, 2.75) is 52.2 Å². The summed E-state index contributed by atoms with van der Waals surface area (Å²) in [7, 11) is 0. The highest BCUT2D eigenvalue weighted by molar-refractivity contribution is 5.86. The Hall–Kier alpha value is -2.25. The van der Waals surface area contributed by atoms with Crippen LogP contribution in [0, 0.1) is 5.82 Å². The van der Waals surface area contributed by atoms with Gasteiger partial charge in [0, 0.05) is 18.5 Å². The number of fused-ring (bicyclic) bond motifs is 1. The van der Waals surface area contributed by atoms with Crippen LogP contribution < -0.4 is 5.73 Å². The van der Waals surface area contributed by atoms with Gasteiger partial charge in [0.2, 0.25) is 0 Å². The monoisotopic (exact) mass is 393 g/mol. The van der Waals surface area contributed by atoms with Crippen LogP contribution in [0.15, 0.2) is 24.3 Å². The minimum Gasteiger partial charge on any atom is -0.390 e. The summed E-state index contributed by atoms with van der Waals surface area (Å²) in [6.07, 6.45) is 1.91. The maximum Gasteiger partial charge on any atom is 0.166 e. The second-order valence-corrected chi connectivity index (χ2v) is 7.11. The van der Waals surface area contributed by atoms with Crippen LogP contribution >= 0.6 is 12.4 Å². The second-order valence-electron chi connectivity index (χ2n) is 7.11. The van der Waals surface area contributed by atoms with Crippen LogP contribution in [0.4, 0.5) is 10.2 Å². The van der Waals surface area contributed by atoms with Crippen molar-refractivity contribution in [2.75, 3.05) is 5.73 Å². The Balaban J connectivity index is 0.00000261. The van der Waals surface area contributed by atoms with Gasteiger partial charge in [0.1, 0.15) is 17.5 Å². The average molecular weight is 394 g/mol. The lowest BCUT2D eigenvalue weighted by Gasteiger charge is -2.16. The molecule has 3 aromatic rings. The molecule has 0 aliphatic carbocycles. The van der Waals surface area contributed by atoms with Gasteiger partial charge in [0.25, 0.3) is 0 Å².